The van der Waals surface area contributed by atoms with Crippen LogP contribution in [0.25, 0.3) is 11.5 Å². The quantitative estimate of drug-likeness (QED) is 0.858. The molecule has 0 spiro atoms. The van der Waals surface area contributed by atoms with Gasteiger partial charge < -0.3 is 19.1 Å². The monoisotopic (exact) mass is 347 g/mol. The van der Waals surface area contributed by atoms with Gasteiger partial charge in [-0.05, 0) is 44.5 Å². The number of hydrogen-bond donors (Lipinski definition) is 1. The van der Waals surface area contributed by atoms with E-state index < -0.39 is 5.60 Å². The summed E-state index contributed by atoms with van der Waals surface area (Å²) in [4.78, 5) is 6.74. The van der Waals surface area contributed by atoms with Crippen LogP contribution in [0.2, 0.25) is 0 Å². The fourth-order valence-corrected chi connectivity index (χ4v) is 2.71. The van der Waals surface area contributed by atoms with Gasteiger partial charge in [-0.2, -0.15) is 4.98 Å². The van der Waals surface area contributed by atoms with Crippen molar-refractivity contribution in [2.24, 2.45) is 0 Å². The van der Waals surface area contributed by atoms with Crippen LogP contribution in [-0.4, -0.2) is 59.1 Å². The fourth-order valence-electron chi connectivity index (χ4n) is 2.71. The summed E-state index contributed by atoms with van der Waals surface area (Å²) in [6, 6.07) is 7.48. The number of rotatable bonds is 6. The molecule has 3 rings (SSSR count). The van der Waals surface area contributed by atoms with Gasteiger partial charge in [0.1, 0.15) is 11.9 Å². The molecule has 2 heterocycles. The summed E-state index contributed by atoms with van der Waals surface area (Å²) in [6.45, 7) is 6.61. The second kappa shape index (κ2) is 7.51. The first-order valence-electron chi connectivity index (χ1n) is 8.49. The van der Waals surface area contributed by atoms with Crippen molar-refractivity contribution in [3.63, 3.8) is 0 Å². The Labute approximate surface area is 147 Å². The maximum atomic E-state index is 9.89. The largest absolute Gasteiger partial charge is 0.497 e. The molecule has 1 N–H and O–H groups in total. The van der Waals surface area contributed by atoms with Gasteiger partial charge in [0.05, 0.1) is 19.3 Å². The Balaban J connectivity index is 1.64. The Hall–Kier alpha value is -1.96. The molecule has 0 saturated carbocycles. The van der Waals surface area contributed by atoms with E-state index in [-0.39, 0.29) is 6.10 Å². The average Bonchev–Trinajstić information content (AvgIpc) is 3.10. The minimum atomic E-state index is -0.665. The maximum Gasteiger partial charge on any atom is 0.258 e. The lowest BCUT2D eigenvalue weighted by Gasteiger charge is -2.32. The number of hydrogen-bond acceptors (Lipinski definition) is 7. The molecular weight excluding hydrogens is 322 g/mol. The Morgan fingerprint density at radius 1 is 1.32 bits per heavy atom. The van der Waals surface area contributed by atoms with Gasteiger partial charge in [-0.3, -0.25) is 4.90 Å². The first-order chi connectivity index (χ1) is 11.9. The zero-order chi connectivity index (χ0) is 17.9. The van der Waals surface area contributed by atoms with Gasteiger partial charge in [-0.1, -0.05) is 5.16 Å². The molecule has 0 radical (unpaired) electrons. The molecule has 1 unspecified atom stereocenters. The Morgan fingerprint density at radius 3 is 2.76 bits per heavy atom. The molecule has 1 aromatic heterocycles. The molecule has 1 aliphatic rings. The number of benzene rings is 1. The molecule has 1 aromatic carbocycles. The van der Waals surface area contributed by atoms with Gasteiger partial charge in [0.25, 0.3) is 5.89 Å². The molecule has 7 heteroatoms. The van der Waals surface area contributed by atoms with Crippen molar-refractivity contribution in [2.75, 3.05) is 33.4 Å². The van der Waals surface area contributed by atoms with Crippen molar-refractivity contribution in [1.82, 2.24) is 15.0 Å². The molecule has 25 heavy (non-hydrogen) atoms. The molecule has 1 aliphatic heterocycles. The molecule has 1 saturated heterocycles. The molecule has 136 valence electrons. The van der Waals surface area contributed by atoms with E-state index in [0.29, 0.717) is 31.3 Å². The Morgan fingerprint density at radius 2 is 2.08 bits per heavy atom. The van der Waals surface area contributed by atoms with Crippen LogP contribution in [0, 0.1) is 0 Å². The van der Waals surface area contributed by atoms with E-state index in [9.17, 15) is 5.11 Å². The van der Waals surface area contributed by atoms with Gasteiger partial charge in [0, 0.05) is 25.2 Å². The average molecular weight is 347 g/mol. The first kappa shape index (κ1) is 17.8. The lowest BCUT2D eigenvalue weighted by Crippen LogP contribution is -2.41. The third kappa shape index (κ3) is 4.78. The van der Waals surface area contributed by atoms with Gasteiger partial charge in [0.2, 0.25) is 5.82 Å². The van der Waals surface area contributed by atoms with Crippen molar-refractivity contribution >= 4 is 0 Å². The van der Waals surface area contributed by atoms with E-state index in [1.165, 1.54) is 0 Å². The minimum absolute atomic E-state index is 0.216. The predicted octanol–water partition coefficient (Wildman–Crippen LogP) is 2.28. The molecule has 1 fully saturated rings. The van der Waals surface area contributed by atoms with Crippen molar-refractivity contribution in [2.45, 2.75) is 32.0 Å². The van der Waals surface area contributed by atoms with Crippen LogP contribution in [0.1, 0.15) is 32.2 Å². The summed E-state index contributed by atoms with van der Waals surface area (Å²) in [5.41, 5.74) is 0.177. The summed E-state index contributed by atoms with van der Waals surface area (Å²) >= 11 is 0. The topological polar surface area (TPSA) is 80.9 Å². The lowest BCUT2D eigenvalue weighted by atomic mass is 10.1. The van der Waals surface area contributed by atoms with E-state index in [0.717, 1.165) is 24.4 Å². The summed E-state index contributed by atoms with van der Waals surface area (Å²) < 4.78 is 16.3. The molecule has 0 amide bonds. The number of morpholine rings is 1. The number of ether oxygens (including phenoxy) is 2. The van der Waals surface area contributed by atoms with Crippen LogP contribution >= 0.6 is 0 Å². The zero-order valence-corrected chi connectivity index (χ0v) is 14.9. The number of aliphatic hydroxyl groups is 1. The fraction of sp³-hybridized carbons (Fsp3) is 0.556. The highest BCUT2D eigenvalue weighted by Gasteiger charge is 2.27. The second-order valence-electron chi connectivity index (χ2n) is 6.91. The van der Waals surface area contributed by atoms with E-state index in [1.54, 1.807) is 7.11 Å². The smallest absolute Gasteiger partial charge is 0.258 e. The van der Waals surface area contributed by atoms with Gasteiger partial charge in [0.15, 0.2) is 0 Å². The Bertz CT molecular complexity index is 678. The van der Waals surface area contributed by atoms with Gasteiger partial charge in [-0.25, -0.2) is 0 Å². The molecule has 0 bridgehead atoms. The molecule has 1 atom stereocenters. The van der Waals surface area contributed by atoms with Crippen LogP contribution in [0.15, 0.2) is 28.8 Å². The lowest BCUT2D eigenvalue weighted by molar-refractivity contribution is -0.0427. The maximum absolute atomic E-state index is 9.89. The van der Waals surface area contributed by atoms with Crippen LogP contribution < -0.4 is 4.74 Å². The molecular formula is C18H25N3O4. The number of methoxy groups -OCH3 is 1. The third-order valence-corrected chi connectivity index (χ3v) is 4.26. The summed E-state index contributed by atoms with van der Waals surface area (Å²) in [5.74, 6) is 1.80. The summed E-state index contributed by atoms with van der Waals surface area (Å²) in [5, 5.41) is 14.0. The van der Waals surface area contributed by atoms with Gasteiger partial charge >= 0.3 is 0 Å². The summed E-state index contributed by atoms with van der Waals surface area (Å²) in [6.07, 6.45) is 0.495. The highest BCUT2D eigenvalue weighted by molar-refractivity contribution is 5.54. The zero-order valence-electron chi connectivity index (χ0n) is 14.9. The SMILES string of the molecule is COc1ccc(-c2nc(C3CN(CCC(C)(C)O)CCO3)no2)cc1. The van der Waals surface area contributed by atoms with E-state index in [1.807, 2.05) is 38.1 Å². The van der Waals surface area contributed by atoms with Crippen LogP contribution in [0.3, 0.4) is 0 Å². The van der Waals surface area contributed by atoms with E-state index >= 15 is 0 Å². The van der Waals surface area contributed by atoms with Crippen molar-refractivity contribution in [3.8, 4) is 17.2 Å². The molecule has 7 nitrogen and oxygen atoms in total. The van der Waals surface area contributed by atoms with E-state index in [2.05, 4.69) is 15.0 Å². The van der Waals surface area contributed by atoms with Crippen molar-refractivity contribution in [1.29, 1.82) is 0 Å². The second-order valence-corrected chi connectivity index (χ2v) is 6.91. The van der Waals surface area contributed by atoms with Crippen LogP contribution in [0.4, 0.5) is 0 Å². The predicted molar refractivity (Wildman–Crippen MR) is 92.3 cm³/mol. The Kier molecular flexibility index (Phi) is 5.36. The summed E-state index contributed by atoms with van der Waals surface area (Å²) in [7, 11) is 1.63. The molecule has 0 aliphatic carbocycles. The number of aromatic nitrogens is 2. The normalized spacial score (nSPS) is 19.1. The van der Waals surface area contributed by atoms with Crippen molar-refractivity contribution in [3.05, 3.63) is 30.1 Å². The van der Waals surface area contributed by atoms with Crippen molar-refractivity contribution < 1.29 is 19.1 Å². The minimum Gasteiger partial charge on any atom is -0.497 e. The highest BCUT2D eigenvalue weighted by Crippen LogP contribution is 2.25. The standard InChI is InChI=1S/C18H25N3O4/c1-18(2,22)8-9-21-10-11-24-15(12-21)16-19-17(25-20-16)13-4-6-14(23-3)7-5-13/h4-7,15,22H,8-12H2,1-3H3. The van der Waals surface area contributed by atoms with Crippen LogP contribution in [-0.2, 0) is 4.74 Å². The first-order valence-corrected chi connectivity index (χ1v) is 8.49. The van der Waals surface area contributed by atoms with Gasteiger partial charge in [-0.15, -0.1) is 0 Å². The third-order valence-electron chi connectivity index (χ3n) is 4.26. The molecule has 2 aromatic rings. The van der Waals surface area contributed by atoms with E-state index in [4.69, 9.17) is 14.0 Å². The van der Waals surface area contributed by atoms with Crippen LogP contribution in [0.5, 0.6) is 5.75 Å². The highest BCUT2D eigenvalue weighted by atomic mass is 16.5. The number of nitrogens with zero attached hydrogens (tertiary/aromatic N) is 3.